The highest BCUT2D eigenvalue weighted by Crippen LogP contribution is 2.19. The molecule has 0 saturated carbocycles. The number of hydrogen-bond donors (Lipinski definition) is 1. The third-order valence-corrected chi connectivity index (χ3v) is 4.48. The molecule has 1 N–H and O–H groups in total. The molecule has 0 fully saturated rings. The molecule has 5 heteroatoms. The summed E-state index contributed by atoms with van der Waals surface area (Å²) in [4.78, 5) is 16.7. The predicted octanol–water partition coefficient (Wildman–Crippen LogP) is 3.56. The summed E-state index contributed by atoms with van der Waals surface area (Å²) in [5.41, 5.74) is 3.02. The molecule has 25 heavy (non-hydrogen) atoms. The Kier molecular flexibility index (Phi) is 5.12. The second-order valence-electron chi connectivity index (χ2n) is 6.33. The van der Waals surface area contributed by atoms with Gasteiger partial charge in [0, 0.05) is 26.4 Å². The fraction of sp³-hybridized carbons (Fsp3) is 0.300. The zero-order valence-corrected chi connectivity index (χ0v) is 14.5. The number of amides is 1. The lowest BCUT2D eigenvalue weighted by atomic mass is 9.97. The molecule has 3 aromatic rings. The van der Waals surface area contributed by atoms with E-state index in [-0.39, 0.29) is 17.6 Å². The van der Waals surface area contributed by atoms with Gasteiger partial charge < -0.3 is 9.88 Å². The smallest absolute Gasteiger partial charge is 0.220 e. The van der Waals surface area contributed by atoms with Crippen molar-refractivity contribution >= 4 is 16.9 Å². The van der Waals surface area contributed by atoms with Crippen LogP contribution in [0, 0.1) is 5.82 Å². The number of carbonyl (C=O) groups is 1. The molecule has 3 rings (SSSR count). The highest BCUT2D eigenvalue weighted by molar-refractivity contribution is 5.77. The standard InChI is InChI=1S/C20H22FN3O/c1-14(15-7-9-16(21)10-8-15)13-20(25)22-12-11-19-23-17-5-3-4-6-18(17)24(19)2/h3-10,14H,11-13H2,1-2H3,(H,22,25). The Morgan fingerprint density at radius 1 is 1.20 bits per heavy atom. The van der Waals surface area contributed by atoms with Gasteiger partial charge in [-0.3, -0.25) is 4.79 Å². The fourth-order valence-corrected chi connectivity index (χ4v) is 2.99. The number of aryl methyl sites for hydroxylation is 1. The first-order valence-corrected chi connectivity index (χ1v) is 8.47. The molecule has 0 radical (unpaired) electrons. The second-order valence-corrected chi connectivity index (χ2v) is 6.33. The lowest BCUT2D eigenvalue weighted by molar-refractivity contribution is -0.121. The number of imidazole rings is 1. The maximum Gasteiger partial charge on any atom is 0.220 e. The van der Waals surface area contributed by atoms with Gasteiger partial charge in [0.1, 0.15) is 11.6 Å². The van der Waals surface area contributed by atoms with Crippen LogP contribution in [0.5, 0.6) is 0 Å². The number of para-hydroxylation sites is 2. The second kappa shape index (κ2) is 7.47. The van der Waals surface area contributed by atoms with Gasteiger partial charge in [0.2, 0.25) is 5.91 Å². The summed E-state index contributed by atoms with van der Waals surface area (Å²) >= 11 is 0. The van der Waals surface area contributed by atoms with E-state index in [1.165, 1.54) is 12.1 Å². The number of hydrogen-bond acceptors (Lipinski definition) is 2. The molecule has 1 aromatic heterocycles. The van der Waals surface area contributed by atoms with E-state index in [1.54, 1.807) is 12.1 Å². The van der Waals surface area contributed by atoms with Crippen LogP contribution in [0.4, 0.5) is 4.39 Å². The Labute approximate surface area is 146 Å². The highest BCUT2D eigenvalue weighted by Gasteiger charge is 2.12. The number of halogens is 1. The molecule has 1 amide bonds. The van der Waals surface area contributed by atoms with Gasteiger partial charge in [0.15, 0.2) is 0 Å². The van der Waals surface area contributed by atoms with Crippen molar-refractivity contribution in [1.29, 1.82) is 0 Å². The van der Waals surface area contributed by atoms with Gasteiger partial charge in [0.05, 0.1) is 11.0 Å². The molecule has 0 spiro atoms. The SMILES string of the molecule is CC(CC(=O)NCCc1nc2ccccc2n1C)c1ccc(F)cc1. The van der Waals surface area contributed by atoms with Crippen molar-refractivity contribution in [3.8, 4) is 0 Å². The van der Waals surface area contributed by atoms with Crippen molar-refractivity contribution < 1.29 is 9.18 Å². The molecule has 1 heterocycles. The Bertz CT molecular complexity index is 870. The summed E-state index contributed by atoms with van der Waals surface area (Å²) in [6.45, 7) is 2.52. The number of aromatic nitrogens is 2. The molecule has 1 atom stereocenters. The van der Waals surface area contributed by atoms with Crippen LogP contribution >= 0.6 is 0 Å². The minimum Gasteiger partial charge on any atom is -0.356 e. The topological polar surface area (TPSA) is 46.9 Å². The van der Waals surface area contributed by atoms with E-state index < -0.39 is 0 Å². The largest absolute Gasteiger partial charge is 0.356 e. The zero-order valence-electron chi connectivity index (χ0n) is 14.5. The van der Waals surface area contributed by atoms with Crippen LogP contribution in [-0.2, 0) is 18.3 Å². The van der Waals surface area contributed by atoms with Crippen LogP contribution in [-0.4, -0.2) is 22.0 Å². The minimum absolute atomic E-state index is 0.00408. The number of nitrogens with zero attached hydrogens (tertiary/aromatic N) is 2. The van der Waals surface area contributed by atoms with Gasteiger partial charge in [0.25, 0.3) is 0 Å². The van der Waals surface area contributed by atoms with Crippen LogP contribution in [0.1, 0.15) is 30.7 Å². The maximum absolute atomic E-state index is 13.0. The molecule has 0 aliphatic heterocycles. The zero-order chi connectivity index (χ0) is 17.8. The molecule has 0 aliphatic carbocycles. The van der Waals surface area contributed by atoms with Crippen molar-refractivity contribution in [2.45, 2.75) is 25.7 Å². The van der Waals surface area contributed by atoms with Crippen molar-refractivity contribution in [2.24, 2.45) is 7.05 Å². The normalized spacial score (nSPS) is 12.3. The van der Waals surface area contributed by atoms with E-state index >= 15 is 0 Å². The summed E-state index contributed by atoms with van der Waals surface area (Å²) in [5.74, 6) is 0.739. The van der Waals surface area contributed by atoms with E-state index in [1.807, 2.05) is 38.2 Å². The van der Waals surface area contributed by atoms with Gasteiger partial charge in [-0.15, -0.1) is 0 Å². The molecule has 130 valence electrons. The van der Waals surface area contributed by atoms with Crippen molar-refractivity contribution in [3.63, 3.8) is 0 Å². The van der Waals surface area contributed by atoms with Crippen molar-refractivity contribution in [2.75, 3.05) is 6.54 Å². The Morgan fingerprint density at radius 2 is 1.92 bits per heavy atom. The summed E-state index contributed by atoms with van der Waals surface area (Å²) in [6, 6.07) is 14.3. The molecule has 0 saturated heterocycles. The van der Waals surface area contributed by atoms with E-state index in [4.69, 9.17) is 0 Å². The summed E-state index contributed by atoms with van der Waals surface area (Å²) < 4.78 is 15.0. The molecular formula is C20H22FN3O. The fourth-order valence-electron chi connectivity index (χ4n) is 2.99. The van der Waals surface area contributed by atoms with Crippen LogP contribution in [0.15, 0.2) is 48.5 Å². The van der Waals surface area contributed by atoms with Gasteiger partial charge in [-0.25, -0.2) is 9.37 Å². The number of fused-ring (bicyclic) bond motifs is 1. The average molecular weight is 339 g/mol. The van der Waals surface area contributed by atoms with Gasteiger partial charge >= 0.3 is 0 Å². The predicted molar refractivity (Wildman–Crippen MR) is 96.9 cm³/mol. The van der Waals surface area contributed by atoms with E-state index in [0.29, 0.717) is 19.4 Å². The van der Waals surface area contributed by atoms with Crippen LogP contribution < -0.4 is 5.32 Å². The lowest BCUT2D eigenvalue weighted by Crippen LogP contribution is -2.27. The molecular weight excluding hydrogens is 317 g/mol. The maximum atomic E-state index is 13.0. The van der Waals surface area contributed by atoms with E-state index in [2.05, 4.69) is 14.9 Å². The molecule has 0 aliphatic rings. The molecule has 4 nitrogen and oxygen atoms in total. The lowest BCUT2D eigenvalue weighted by Gasteiger charge is -2.12. The number of benzene rings is 2. The van der Waals surface area contributed by atoms with Crippen LogP contribution in [0.3, 0.4) is 0 Å². The Hall–Kier alpha value is -2.69. The first-order valence-electron chi connectivity index (χ1n) is 8.47. The molecule has 1 unspecified atom stereocenters. The van der Waals surface area contributed by atoms with Gasteiger partial charge in [-0.1, -0.05) is 31.2 Å². The number of carbonyl (C=O) groups excluding carboxylic acids is 1. The van der Waals surface area contributed by atoms with Gasteiger partial charge in [-0.05, 0) is 35.7 Å². The van der Waals surface area contributed by atoms with Crippen molar-refractivity contribution in [3.05, 3.63) is 65.7 Å². The summed E-state index contributed by atoms with van der Waals surface area (Å²) in [7, 11) is 1.99. The Balaban J connectivity index is 1.52. The first kappa shape index (κ1) is 17.1. The molecule has 2 aromatic carbocycles. The summed E-state index contributed by atoms with van der Waals surface area (Å²) in [5, 5.41) is 2.95. The first-order chi connectivity index (χ1) is 12.0. The monoisotopic (exact) mass is 339 g/mol. The van der Waals surface area contributed by atoms with Gasteiger partial charge in [-0.2, -0.15) is 0 Å². The van der Waals surface area contributed by atoms with Crippen LogP contribution in [0.25, 0.3) is 11.0 Å². The highest BCUT2D eigenvalue weighted by atomic mass is 19.1. The Morgan fingerprint density at radius 3 is 2.64 bits per heavy atom. The third-order valence-electron chi connectivity index (χ3n) is 4.48. The van der Waals surface area contributed by atoms with E-state index in [0.717, 1.165) is 22.4 Å². The number of rotatable bonds is 6. The average Bonchev–Trinajstić information content (AvgIpc) is 2.92. The quantitative estimate of drug-likeness (QED) is 0.746. The minimum atomic E-state index is -0.261. The molecule has 0 bridgehead atoms. The summed E-state index contributed by atoms with van der Waals surface area (Å²) in [6.07, 6.45) is 1.07. The number of nitrogens with one attached hydrogen (secondary N) is 1. The third kappa shape index (κ3) is 4.05. The van der Waals surface area contributed by atoms with Crippen LogP contribution in [0.2, 0.25) is 0 Å². The van der Waals surface area contributed by atoms with E-state index in [9.17, 15) is 9.18 Å². The van der Waals surface area contributed by atoms with Crippen molar-refractivity contribution in [1.82, 2.24) is 14.9 Å².